The van der Waals surface area contributed by atoms with Gasteiger partial charge in [-0.05, 0) is 73.6 Å². The minimum Gasteiger partial charge on any atom is -0.494 e. The Balaban J connectivity index is 1.78. The summed E-state index contributed by atoms with van der Waals surface area (Å²) < 4.78 is 5.86. The van der Waals surface area contributed by atoms with Gasteiger partial charge in [0.15, 0.2) is 0 Å². The van der Waals surface area contributed by atoms with Crippen LogP contribution in [-0.4, -0.2) is 6.61 Å². The van der Waals surface area contributed by atoms with Crippen LogP contribution in [0, 0.1) is 0 Å². The van der Waals surface area contributed by atoms with E-state index in [-0.39, 0.29) is 0 Å². The van der Waals surface area contributed by atoms with Gasteiger partial charge in [0.25, 0.3) is 0 Å². The zero-order valence-corrected chi connectivity index (χ0v) is 18.6. The van der Waals surface area contributed by atoms with Gasteiger partial charge in [0.05, 0.1) is 6.61 Å². The molecule has 0 fully saturated rings. The van der Waals surface area contributed by atoms with Crippen LogP contribution < -0.4 is 4.74 Å². The van der Waals surface area contributed by atoms with Gasteiger partial charge in [0.1, 0.15) is 5.75 Å². The van der Waals surface area contributed by atoms with Crippen molar-refractivity contribution in [2.75, 3.05) is 6.61 Å². The highest BCUT2D eigenvalue weighted by Gasteiger charge is 2.17. The molecule has 0 aliphatic heterocycles. The standard InChI is InChI=1S/C32H24O/c1-2-33-24-20-19-22-13-10-18-29(30(22)21-24)32-27-16-8-6-14-25(27)31(23-11-4-3-5-12-23)26-15-7-9-17-28(26)32/h3-21H,2H2,1H3. The zero-order chi connectivity index (χ0) is 22.2. The quantitative estimate of drug-likeness (QED) is 0.257. The summed E-state index contributed by atoms with van der Waals surface area (Å²) in [6, 6.07) is 41.3. The fourth-order valence-corrected chi connectivity index (χ4v) is 5.06. The first-order chi connectivity index (χ1) is 16.3. The molecule has 0 aromatic heterocycles. The van der Waals surface area contributed by atoms with Gasteiger partial charge in [-0.25, -0.2) is 0 Å². The maximum atomic E-state index is 5.86. The third-order valence-electron chi connectivity index (χ3n) is 6.43. The highest BCUT2D eigenvalue weighted by Crippen LogP contribution is 2.45. The summed E-state index contributed by atoms with van der Waals surface area (Å²) in [5, 5.41) is 7.52. The third kappa shape index (κ3) is 3.25. The van der Waals surface area contributed by atoms with Crippen molar-refractivity contribution in [3.63, 3.8) is 0 Å². The predicted octanol–water partition coefficient (Wildman–Crippen LogP) is 8.88. The van der Waals surface area contributed by atoms with Crippen molar-refractivity contribution < 1.29 is 4.74 Å². The van der Waals surface area contributed by atoms with Gasteiger partial charge in [-0.15, -0.1) is 0 Å². The van der Waals surface area contributed by atoms with Crippen LogP contribution in [0.1, 0.15) is 6.92 Å². The molecular formula is C32H24O. The number of hydrogen-bond acceptors (Lipinski definition) is 1. The fourth-order valence-electron chi connectivity index (χ4n) is 5.06. The minimum atomic E-state index is 0.658. The van der Waals surface area contributed by atoms with Crippen LogP contribution in [-0.2, 0) is 0 Å². The van der Waals surface area contributed by atoms with Crippen molar-refractivity contribution in [3.8, 4) is 28.0 Å². The fraction of sp³-hybridized carbons (Fsp3) is 0.0625. The second-order valence-corrected chi connectivity index (χ2v) is 8.33. The Bertz CT molecular complexity index is 1560. The monoisotopic (exact) mass is 424 g/mol. The molecule has 0 aliphatic rings. The molecule has 1 heteroatoms. The second kappa shape index (κ2) is 8.11. The summed E-state index contributed by atoms with van der Waals surface area (Å²) in [5.74, 6) is 0.909. The Morgan fingerprint density at radius 2 is 1.12 bits per heavy atom. The third-order valence-corrected chi connectivity index (χ3v) is 6.43. The van der Waals surface area contributed by atoms with Crippen LogP contribution in [0.3, 0.4) is 0 Å². The Morgan fingerprint density at radius 3 is 1.76 bits per heavy atom. The lowest BCUT2D eigenvalue weighted by molar-refractivity contribution is 0.341. The molecule has 0 bridgehead atoms. The second-order valence-electron chi connectivity index (χ2n) is 8.33. The van der Waals surface area contributed by atoms with Gasteiger partial charge >= 0.3 is 0 Å². The first kappa shape index (κ1) is 19.6. The van der Waals surface area contributed by atoms with Crippen LogP contribution in [0.2, 0.25) is 0 Å². The lowest BCUT2D eigenvalue weighted by Crippen LogP contribution is -1.93. The van der Waals surface area contributed by atoms with Crippen LogP contribution in [0.15, 0.2) is 115 Å². The van der Waals surface area contributed by atoms with E-state index < -0.39 is 0 Å². The van der Waals surface area contributed by atoms with Gasteiger partial charge < -0.3 is 4.74 Å². The summed E-state index contributed by atoms with van der Waals surface area (Å²) in [6.07, 6.45) is 0. The normalized spacial score (nSPS) is 11.3. The summed E-state index contributed by atoms with van der Waals surface area (Å²) >= 11 is 0. The number of ether oxygens (including phenoxy) is 1. The molecule has 1 nitrogen and oxygen atoms in total. The molecule has 6 aromatic rings. The van der Waals surface area contributed by atoms with Crippen molar-refractivity contribution in [3.05, 3.63) is 115 Å². The van der Waals surface area contributed by atoms with E-state index in [4.69, 9.17) is 4.74 Å². The minimum absolute atomic E-state index is 0.658. The first-order valence-corrected chi connectivity index (χ1v) is 11.5. The molecule has 0 N–H and O–H groups in total. The SMILES string of the molecule is CCOc1ccc2cccc(-c3c4ccccc4c(-c4ccccc4)c4ccccc34)c2c1. The zero-order valence-electron chi connectivity index (χ0n) is 18.6. The highest BCUT2D eigenvalue weighted by molar-refractivity contribution is 6.23. The van der Waals surface area contributed by atoms with E-state index in [0.29, 0.717) is 6.61 Å². The maximum absolute atomic E-state index is 5.86. The molecule has 0 amide bonds. The number of fused-ring (bicyclic) bond motifs is 3. The lowest BCUT2D eigenvalue weighted by atomic mass is 9.85. The van der Waals surface area contributed by atoms with Gasteiger partial charge in [-0.3, -0.25) is 0 Å². The first-order valence-electron chi connectivity index (χ1n) is 11.5. The Kier molecular flexibility index (Phi) is 4.81. The molecule has 6 rings (SSSR count). The molecule has 6 aromatic carbocycles. The molecular weight excluding hydrogens is 400 g/mol. The van der Waals surface area contributed by atoms with E-state index >= 15 is 0 Å². The van der Waals surface area contributed by atoms with Crippen LogP contribution in [0.25, 0.3) is 54.6 Å². The highest BCUT2D eigenvalue weighted by atomic mass is 16.5. The van der Waals surface area contributed by atoms with E-state index in [0.717, 1.165) is 5.75 Å². The van der Waals surface area contributed by atoms with Gasteiger partial charge in [0, 0.05) is 0 Å². The molecule has 0 saturated carbocycles. The number of hydrogen-bond donors (Lipinski definition) is 0. The lowest BCUT2D eigenvalue weighted by Gasteiger charge is -2.19. The summed E-state index contributed by atoms with van der Waals surface area (Å²) in [6.45, 7) is 2.69. The maximum Gasteiger partial charge on any atom is 0.119 e. The van der Waals surface area contributed by atoms with Crippen molar-refractivity contribution in [2.24, 2.45) is 0 Å². The predicted molar refractivity (Wildman–Crippen MR) is 141 cm³/mol. The average Bonchev–Trinajstić information content (AvgIpc) is 2.88. The molecule has 0 unspecified atom stereocenters. The molecule has 0 aliphatic carbocycles. The van der Waals surface area contributed by atoms with Crippen molar-refractivity contribution >= 4 is 32.3 Å². The van der Waals surface area contributed by atoms with E-state index in [1.807, 2.05) is 6.92 Å². The van der Waals surface area contributed by atoms with E-state index in [9.17, 15) is 0 Å². The summed E-state index contributed by atoms with van der Waals surface area (Å²) in [4.78, 5) is 0. The molecule has 0 atom stereocenters. The van der Waals surface area contributed by atoms with Gasteiger partial charge in [-0.2, -0.15) is 0 Å². The Labute approximate surface area is 193 Å². The van der Waals surface area contributed by atoms with Gasteiger partial charge in [-0.1, -0.05) is 103 Å². The van der Waals surface area contributed by atoms with E-state index in [1.165, 1.54) is 54.6 Å². The Morgan fingerprint density at radius 1 is 0.515 bits per heavy atom. The largest absolute Gasteiger partial charge is 0.494 e. The van der Waals surface area contributed by atoms with E-state index in [1.54, 1.807) is 0 Å². The van der Waals surface area contributed by atoms with Gasteiger partial charge in [0.2, 0.25) is 0 Å². The molecule has 0 saturated heterocycles. The van der Waals surface area contributed by atoms with Crippen LogP contribution >= 0.6 is 0 Å². The average molecular weight is 425 g/mol. The molecule has 0 spiro atoms. The summed E-state index contributed by atoms with van der Waals surface area (Å²) in [7, 11) is 0. The van der Waals surface area contributed by atoms with E-state index in [2.05, 4.69) is 115 Å². The summed E-state index contributed by atoms with van der Waals surface area (Å²) in [5.41, 5.74) is 5.05. The van der Waals surface area contributed by atoms with Crippen molar-refractivity contribution in [2.45, 2.75) is 6.92 Å². The molecule has 158 valence electrons. The topological polar surface area (TPSA) is 9.23 Å². The van der Waals surface area contributed by atoms with Crippen LogP contribution in [0.4, 0.5) is 0 Å². The Hall–Kier alpha value is -4.10. The number of rotatable bonds is 4. The smallest absolute Gasteiger partial charge is 0.119 e. The van der Waals surface area contributed by atoms with Crippen LogP contribution in [0.5, 0.6) is 5.75 Å². The molecule has 33 heavy (non-hydrogen) atoms. The van der Waals surface area contributed by atoms with Crippen molar-refractivity contribution in [1.82, 2.24) is 0 Å². The number of benzene rings is 6. The molecule has 0 radical (unpaired) electrons. The van der Waals surface area contributed by atoms with Crippen molar-refractivity contribution in [1.29, 1.82) is 0 Å². The molecule has 0 heterocycles.